The highest BCUT2D eigenvalue weighted by Gasteiger charge is 2.33. The largest absolute Gasteiger partial charge is 0.374 e. The minimum Gasteiger partial charge on any atom is -0.374 e. The van der Waals surface area contributed by atoms with Crippen LogP contribution in [0.5, 0.6) is 0 Å². The lowest BCUT2D eigenvalue weighted by molar-refractivity contribution is -0.199. The summed E-state index contributed by atoms with van der Waals surface area (Å²) in [6.45, 7) is 11.6. The topological polar surface area (TPSA) is 139 Å². The molecule has 0 atom stereocenters. The minimum absolute atomic E-state index is 0.0631. The van der Waals surface area contributed by atoms with Crippen molar-refractivity contribution in [1.82, 2.24) is 15.3 Å². The van der Waals surface area contributed by atoms with Gasteiger partial charge >= 0.3 is 5.97 Å². The SMILES string of the molecule is C/C=C\C(=O)N(C=O)CCC(=O)NCC(C)(C)OCC.CC(C)C(=O)ON1C(=O)CCC1=O. The molecule has 33 heavy (non-hydrogen) atoms. The molecule has 1 aliphatic rings. The van der Waals surface area contributed by atoms with Gasteiger partial charge in [-0.25, -0.2) is 4.79 Å². The molecule has 5 amide bonds. The first-order chi connectivity index (χ1) is 15.4. The predicted molar refractivity (Wildman–Crippen MR) is 118 cm³/mol. The number of hydrogen-bond donors (Lipinski definition) is 1. The van der Waals surface area contributed by atoms with Crippen LogP contribution < -0.4 is 5.32 Å². The molecule has 1 rings (SSSR count). The Hall–Kier alpha value is -3.08. The first-order valence-corrected chi connectivity index (χ1v) is 10.7. The summed E-state index contributed by atoms with van der Waals surface area (Å²) in [5.41, 5.74) is -0.435. The van der Waals surface area contributed by atoms with E-state index in [-0.39, 0.29) is 37.6 Å². The molecule has 0 bridgehead atoms. The molecule has 0 aromatic carbocycles. The van der Waals surface area contributed by atoms with Gasteiger partial charge in [0.05, 0.1) is 11.5 Å². The molecular formula is C22H35N3O8. The Kier molecular flexibility index (Phi) is 13.5. The zero-order valence-corrected chi connectivity index (χ0v) is 20.2. The van der Waals surface area contributed by atoms with E-state index < -0.39 is 29.3 Å². The Morgan fingerprint density at radius 1 is 1.18 bits per heavy atom. The van der Waals surface area contributed by atoms with Crippen LogP contribution in [0.4, 0.5) is 0 Å². The molecule has 0 radical (unpaired) electrons. The van der Waals surface area contributed by atoms with Gasteiger partial charge in [-0.1, -0.05) is 19.9 Å². The van der Waals surface area contributed by atoms with Gasteiger partial charge in [-0.05, 0) is 33.8 Å². The van der Waals surface area contributed by atoms with Crippen LogP contribution in [0.25, 0.3) is 0 Å². The summed E-state index contributed by atoms with van der Waals surface area (Å²) in [6.07, 6.45) is 3.59. The van der Waals surface area contributed by atoms with Gasteiger partial charge < -0.3 is 14.9 Å². The number of amides is 5. The average Bonchev–Trinajstić information content (AvgIpc) is 3.05. The second kappa shape index (κ2) is 14.9. The molecule has 0 spiro atoms. The Morgan fingerprint density at radius 3 is 2.21 bits per heavy atom. The van der Waals surface area contributed by atoms with Crippen LogP contribution in [-0.2, 0) is 38.3 Å². The van der Waals surface area contributed by atoms with Gasteiger partial charge in [0.2, 0.25) is 12.3 Å². The van der Waals surface area contributed by atoms with Crippen molar-refractivity contribution in [1.29, 1.82) is 0 Å². The molecule has 0 aromatic heterocycles. The Balaban J connectivity index is 0.000000676. The number of carbonyl (C=O) groups is 6. The standard InChI is InChI=1S/C14H24N2O4.C8H11NO4/c1-5-7-13(19)16(11-17)9-8-12(18)15-10-14(3,4)20-6-2;1-5(2)8(12)13-9-6(10)3-4-7(9)11/h5,7,11H,6,8-10H2,1-4H3,(H,15,18);5H,3-4H2,1-2H3/b7-5-;. The third-order valence-corrected chi connectivity index (χ3v) is 4.20. The van der Waals surface area contributed by atoms with Gasteiger partial charge in [-0.3, -0.25) is 28.9 Å². The molecule has 0 aliphatic carbocycles. The van der Waals surface area contributed by atoms with Gasteiger partial charge in [0.15, 0.2) is 0 Å². The van der Waals surface area contributed by atoms with Crippen LogP contribution in [0.15, 0.2) is 12.2 Å². The maximum Gasteiger partial charge on any atom is 0.335 e. The predicted octanol–water partition coefficient (Wildman–Crippen LogP) is 1.12. The maximum atomic E-state index is 11.7. The fraction of sp³-hybridized carbons (Fsp3) is 0.636. The number of nitrogens with one attached hydrogen (secondary N) is 1. The lowest BCUT2D eigenvalue weighted by Gasteiger charge is -2.25. The highest BCUT2D eigenvalue weighted by atomic mass is 16.7. The third kappa shape index (κ3) is 11.9. The molecule has 1 aliphatic heterocycles. The monoisotopic (exact) mass is 469 g/mol. The van der Waals surface area contributed by atoms with E-state index in [1.165, 1.54) is 6.08 Å². The van der Waals surface area contributed by atoms with E-state index in [1.54, 1.807) is 26.8 Å². The van der Waals surface area contributed by atoms with E-state index in [4.69, 9.17) is 4.74 Å². The fourth-order valence-corrected chi connectivity index (χ4v) is 2.37. The van der Waals surface area contributed by atoms with E-state index in [2.05, 4.69) is 10.2 Å². The van der Waals surface area contributed by atoms with Crippen molar-refractivity contribution in [2.75, 3.05) is 19.7 Å². The lowest BCUT2D eigenvalue weighted by atomic mass is 10.1. The normalized spacial score (nSPS) is 13.6. The van der Waals surface area contributed by atoms with E-state index in [0.717, 1.165) is 4.90 Å². The second-order valence-electron chi connectivity index (χ2n) is 8.00. The summed E-state index contributed by atoms with van der Waals surface area (Å²) in [7, 11) is 0. The number of rotatable bonds is 11. The minimum atomic E-state index is -0.566. The van der Waals surface area contributed by atoms with Crippen LogP contribution in [-0.4, -0.2) is 71.3 Å². The van der Waals surface area contributed by atoms with Crippen molar-refractivity contribution in [3.8, 4) is 0 Å². The van der Waals surface area contributed by atoms with Gasteiger partial charge in [0.1, 0.15) is 0 Å². The first kappa shape index (κ1) is 29.9. The number of hydroxylamine groups is 2. The number of imide groups is 2. The number of ether oxygens (including phenoxy) is 1. The van der Waals surface area contributed by atoms with Crippen molar-refractivity contribution in [2.45, 2.75) is 66.4 Å². The number of allylic oxidation sites excluding steroid dienone is 1. The smallest absolute Gasteiger partial charge is 0.335 e. The van der Waals surface area contributed by atoms with Gasteiger partial charge in [0, 0.05) is 39.0 Å². The summed E-state index contributed by atoms with van der Waals surface area (Å²) in [6, 6.07) is 0. The number of nitrogens with zero attached hydrogens (tertiary/aromatic N) is 2. The van der Waals surface area contributed by atoms with E-state index in [9.17, 15) is 28.8 Å². The quantitative estimate of drug-likeness (QED) is 0.270. The van der Waals surface area contributed by atoms with Gasteiger partial charge in [0.25, 0.3) is 17.7 Å². The summed E-state index contributed by atoms with van der Waals surface area (Å²) < 4.78 is 5.45. The van der Waals surface area contributed by atoms with Gasteiger partial charge in [-0.15, -0.1) is 5.06 Å². The van der Waals surface area contributed by atoms with Crippen LogP contribution in [0, 0.1) is 5.92 Å². The molecule has 1 heterocycles. The molecule has 11 nitrogen and oxygen atoms in total. The Bertz CT molecular complexity index is 730. The second-order valence-corrected chi connectivity index (χ2v) is 8.00. The third-order valence-electron chi connectivity index (χ3n) is 4.20. The van der Waals surface area contributed by atoms with Crippen LogP contribution >= 0.6 is 0 Å². The number of carbonyl (C=O) groups excluding carboxylic acids is 6. The molecule has 0 aromatic rings. The summed E-state index contributed by atoms with van der Waals surface area (Å²) >= 11 is 0. The van der Waals surface area contributed by atoms with Gasteiger partial charge in [-0.2, -0.15) is 0 Å². The summed E-state index contributed by atoms with van der Waals surface area (Å²) in [5.74, 6) is -2.45. The molecule has 0 unspecified atom stereocenters. The molecule has 1 N–H and O–H groups in total. The van der Waals surface area contributed by atoms with Crippen molar-refractivity contribution in [2.24, 2.45) is 5.92 Å². The van der Waals surface area contributed by atoms with E-state index in [0.29, 0.717) is 24.6 Å². The van der Waals surface area contributed by atoms with Crippen LogP contribution in [0.1, 0.15) is 60.8 Å². The highest BCUT2D eigenvalue weighted by molar-refractivity contribution is 6.01. The zero-order chi connectivity index (χ0) is 25.6. The van der Waals surface area contributed by atoms with Crippen molar-refractivity contribution in [3.05, 3.63) is 12.2 Å². The molecule has 11 heteroatoms. The number of hydrogen-bond acceptors (Lipinski definition) is 8. The average molecular weight is 470 g/mol. The van der Waals surface area contributed by atoms with Crippen molar-refractivity contribution >= 4 is 36.0 Å². The molecule has 186 valence electrons. The lowest BCUT2D eigenvalue weighted by Crippen LogP contribution is -2.41. The first-order valence-electron chi connectivity index (χ1n) is 10.7. The summed E-state index contributed by atoms with van der Waals surface area (Å²) in [4.78, 5) is 72.4. The summed E-state index contributed by atoms with van der Waals surface area (Å²) in [5, 5.41) is 3.28. The zero-order valence-electron chi connectivity index (χ0n) is 20.2. The maximum absolute atomic E-state index is 11.7. The molecule has 0 saturated carbocycles. The Morgan fingerprint density at radius 2 is 1.76 bits per heavy atom. The van der Waals surface area contributed by atoms with E-state index >= 15 is 0 Å². The Labute approximate surface area is 194 Å². The molecule has 1 fully saturated rings. The fourth-order valence-electron chi connectivity index (χ4n) is 2.37. The van der Waals surface area contributed by atoms with Crippen molar-refractivity contribution in [3.63, 3.8) is 0 Å². The molecular weight excluding hydrogens is 434 g/mol. The van der Waals surface area contributed by atoms with Crippen LogP contribution in [0.2, 0.25) is 0 Å². The molecule has 1 saturated heterocycles. The highest BCUT2D eigenvalue weighted by Crippen LogP contribution is 2.13. The van der Waals surface area contributed by atoms with Crippen LogP contribution in [0.3, 0.4) is 0 Å². The van der Waals surface area contributed by atoms with E-state index in [1.807, 2.05) is 20.8 Å². The van der Waals surface area contributed by atoms with Crippen molar-refractivity contribution < 1.29 is 38.3 Å².